The van der Waals surface area contributed by atoms with Crippen LogP contribution in [0.2, 0.25) is 0 Å². The molecule has 1 atom stereocenters. The summed E-state index contributed by atoms with van der Waals surface area (Å²) in [5, 5.41) is -0.0921. The van der Waals surface area contributed by atoms with Gasteiger partial charge in [-0.3, -0.25) is 14.5 Å². The van der Waals surface area contributed by atoms with Gasteiger partial charge in [0.15, 0.2) is 0 Å². The third-order valence-corrected chi connectivity index (χ3v) is 3.56. The van der Waals surface area contributed by atoms with Crippen LogP contribution in [-0.2, 0) is 0 Å². The molecule has 0 N–H and O–H groups in total. The van der Waals surface area contributed by atoms with Gasteiger partial charge in [0.1, 0.15) is 0 Å². The Kier molecular flexibility index (Phi) is 3.25. The van der Waals surface area contributed by atoms with Crippen LogP contribution in [-0.4, -0.2) is 34.3 Å². The van der Waals surface area contributed by atoms with Crippen LogP contribution in [0.3, 0.4) is 0 Å². The fourth-order valence-corrected chi connectivity index (χ4v) is 1.95. The third-order valence-electron chi connectivity index (χ3n) is 2.48. The summed E-state index contributed by atoms with van der Waals surface area (Å²) in [5.41, 5.74) is 0.958. The van der Waals surface area contributed by atoms with Gasteiger partial charge in [0.25, 0.3) is 11.8 Å². The van der Waals surface area contributed by atoms with E-state index in [1.54, 1.807) is 24.3 Å². The van der Waals surface area contributed by atoms with Crippen molar-refractivity contribution in [3.05, 3.63) is 35.4 Å². The Morgan fingerprint density at radius 1 is 1.12 bits per heavy atom. The molecular formula is C11H11NO2S2. The molecule has 0 fully saturated rings. The van der Waals surface area contributed by atoms with Crippen molar-refractivity contribution in [2.24, 2.45) is 0 Å². The normalized spacial score (nSPS) is 16.5. The molecule has 0 saturated heterocycles. The van der Waals surface area contributed by atoms with Gasteiger partial charge in [-0.2, -0.15) is 25.3 Å². The summed E-state index contributed by atoms with van der Waals surface area (Å²) in [6, 6.07) is 6.85. The van der Waals surface area contributed by atoms with E-state index in [0.717, 1.165) is 0 Å². The zero-order chi connectivity index (χ0) is 11.7. The Balaban J connectivity index is 2.28. The highest BCUT2D eigenvalue weighted by Crippen LogP contribution is 2.23. The van der Waals surface area contributed by atoms with Gasteiger partial charge in [0.2, 0.25) is 0 Å². The third kappa shape index (κ3) is 1.85. The number of fused-ring (bicyclic) bond motifs is 1. The van der Waals surface area contributed by atoms with E-state index < -0.39 is 0 Å². The molecule has 0 bridgehead atoms. The summed E-state index contributed by atoms with van der Waals surface area (Å²) in [5.74, 6) is 0.0548. The molecule has 1 aliphatic heterocycles. The van der Waals surface area contributed by atoms with E-state index in [1.165, 1.54) is 4.90 Å². The van der Waals surface area contributed by atoms with Crippen molar-refractivity contribution in [1.29, 1.82) is 0 Å². The lowest BCUT2D eigenvalue weighted by Gasteiger charge is -2.16. The van der Waals surface area contributed by atoms with Gasteiger partial charge < -0.3 is 0 Å². The van der Waals surface area contributed by atoms with Crippen LogP contribution < -0.4 is 0 Å². The number of amides is 2. The lowest BCUT2D eigenvalue weighted by Crippen LogP contribution is -2.35. The average molecular weight is 253 g/mol. The Labute approximate surface area is 105 Å². The maximum atomic E-state index is 11.9. The Hall–Kier alpha value is -0.940. The van der Waals surface area contributed by atoms with Crippen LogP contribution in [0.5, 0.6) is 0 Å². The van der Waals surface area contributed by atoms with E-state index in [2.05, 4.69) is 25.3 Å². The molecule has 1 aromatic carbocycles. The van der Waals surface area contributed by atoms with E-state index in [0.29, 0.717) is 23.4 Å². The molecule has 84 valence electrons. The molecule has 5 heteroatoms. The number of hydrogen-bond donors (Lipinski definition) is 2. The first-order valence-corrected chi connectivity index (χ1v) is 6.04. The summed E-state index contributed by atoms with van der Waals surface area (Å²) in [6.07, 6.45) is 0. The molecule has 0 radical (unpaired) electrons. The number of benzene rings is 1. The van der Waals surface area contributed by atoms with Gasteiger partial charge in [-0.15, -0.1) is 0 Å². The Morgan fingerprint density at radius 2 is 1.62 bits per heavy atom. The first-order chi connectivity index (χ1) is 7.65. The molecule has 0 spiro atoms. The van der Waals surface area contributed by atoms with Crippen LogP contribution in [0.1, 0.15) is 20.7 Å². The summed E-state index contributed by atoms with van der Waals surface area (Å²) < 4.78 is 0. The number of carbonyl (C=O) groups is 2. The lowest BCUT2D eigenvalue weighted by molar-refractivity contribution is 0.0657. The minimum absolute atomic E-state index is 0.0921. The standard InChI is InChI=1S/C11H11NO2S2/c13-10-8-3-1-2-4-9(8)11(14)12(10)5-7(16)6-15/h1-4,7,15-16H,5-6H2. The van der Waals surface area contributed by atoms with Gasteiger partial charge in [0.05, 0.1) is 11.1 Å². The number of rotatable bonds is 3. The maximum absolute atomic E-state index is 11.9. The number of imide groups is 1. The zero-order valence-electron chi connectivity index (χ0n) is 8.46. The van der Waals surface area contributed by atoms with Crippen LogP contribution in [0.25, 0.3) is 0 Å². The van der Waals surface area contributed by atoms with Gasteiger partial charge in [-0.05, 0) is 12.1 Å². The minimum atomic E-state index is -0.235. The van der Waals surface area contributed by atoms with Crippen molar-refractivity contribution in [3.63, 3.8) is 0 Å². The van der Waals surface area contributed by atoms with E-state index in [-0.39, 0.29) is 17.1 Å². The quantitative estimate of drug-likeness (QED) is 0.633. The van der Waals surface area contributed by atoms with Crippen molar-refractivity contribution >= 4 is 37.1 Å². The van der Waals surface area contributed by atoms with Crippen LogP contribution in [0.4, 0.5) is 0 Å². The van der Waals surface area contributed by atoms with Gasteiger partial charge in [-0.25, -0.2) is 0 Å². The topological polar surface area (TPSA) is 37.4 Å². The smallest absolute Gasteiger partial charge is 0.261 e. The molecule has 0 aliphatic carbocycles. The van der Waals surface area contributed by atoms with Gasteiger partial charge >= 0.3 is 0 Å². The van der Waals surface area contributed by atoms with E-state index in [4.69, 9.17) is 0 Å². The summed E-state index contributed by atoms with van der Waals surface area (Å²) in [7, 11) is 0. The van der Waals surface area contributed by atoms with E-state index >= 15 is 0 Å². The molecular weight excluding hydrogens is 242 g/mol. The van der Waals surface area contributed by atoms with Crippen molar-refractivity contribution < 1.29 is 9.59 Å². The molecule has 1 aliphatic rings. The number of thiol groups is 2. The Bertz CT molecular complexity index is 412. The molecule has 0 saturated carbocycles. The fraction of sp³-hybridized carbons (Fsp3) is 0.273. The SMILES string of the molecule is O=C1c2ccccc2C(=O)N1CC(S)CS. The fourth-order valence-electron chi connectivity index (χ4n) is 1.67. The lowest BCUT2D eigenvalue weighted by atomic mass is 10.1. The van der Waals surface area contributed by atoms with E-state index in [1.807, 2.05) is 0 Å². The van der Waals surface area contributed by atoms with Gasteiger partial charge in [0, 0.05) is 17.5 Å². The van der Waals surface area contributed by atoms with Crippen LogP contribution >= 0.6 is 25.3 Å². The molecule has 0 aromatic heterocycles. The summed E-state index contributed by atoms with van der Waals surface area (Å²) >= 11 is 8.33. The Morgan fingerprint density at radius 3 is 2.06 bits per heavy atom. The first-order valence-electron chi connectivity index (χ1n) is 4.89. The minimum Gasteiger partial charge on any atom is -0.273 e. The highest BCUT2D eigenvalue weighted by Gasteiger charge is 2.35. The van der Waals surface area contributed by atoms with Crippen molar-refractivity contribution in [2.45, 2.75) is 5.25 Å². The number of hydrogen-bond acceptors (Lipinski definition) is 4. The summed E-state index contributed by atoms with van der Waals surface area (Å²) in [6.45, 7) is 0.305. The molecule has 2 amide bonds. The first kappa shape index (κ1) is 11.5. The van der Waals surface area contributed by atoms with Crippen LogP contribution in [0, 0.1) is 0 Å². The second-order valence-corrected chi connectivity index (χ2v) is 4.70. The van der Waals surface area contributed by atoms with Crippen molar-refractivity contribution in [1.82, 2.24) is 4.90 Å². The predicted molar refractivity (Wildman–Crippen MR) is 68.4 cm³/mol. The predicted octanol–water partition coefficient (Wildman–Crippen LogP) is 1.51. The van der Waals surface area contributed by atoms with Gasteiger partial charge in [-0.1, -0.05) is 12.1 Å². The number of nitrogens with zero attached hydrogens (tertiary/aromatic N) is 1. The zero-order valence-corrected chi connectivity index (χ0v) is 10.2. The molecule has 1 aromatic rings. The summed E-state index contributed by atoms with van der Waals surface area (Å²) in [4.78, 5) is 25.0. The highest BCUT2D eigenvalue weighted by atomic mass is 32.1. The molecule has 2 rings (SSSR count). The van der Waals surface area contributed by atoms with E-state index in [9.17, 15) is 9.59 Å². The average Bonchev–Trinajstić information content (AvgIpc) is 2.55. The van der Waals surface area contributed by atoms with Crippen LogP contribution in [0.15, 0.2) is 24.3 Å². The molecule has 3 nitrogen and oxygen atoms in total. The second-order valence-electron chi connectivity index (χ2n) is 3.60. The van der Waals surface area contributed by atoms with Crippen molar-refractivity contribution in [2.75, 3.05) is 12.3 Å². The monoisotopic (exact) mass is 253 g/mol. The highest BCUT2D eigenvalue weighted by molar-refractivity contribution is 7.84. The number of carbonyl (C=O) groups excluding carboxylic acids is 2. The molecule has 16 heavy (non-hydrogen) atoms. The van der Waals surface area contributed by atoms with Crippen molar-refractivity contribution in [3.8, 4) is 0 Å². The molecule has 1 unspecified atom stereocenters. The second kappa shape index (κ2) is 4.51. The maximum Gasteiger partial charge on any atom is 0.261 e. The largest absolute Gasteiger partial charge is 0.273 e. The molecule has 1 heterocycles.